The summed E-state index contributed by atoms with van der Waals surface area (Å²) in [7, 11) is 0. The van der Waals surface area contributed by atoms with Crippen molar-refractivity contribution in [1.29, 1.82) is 0 Å². The van der Waals surface area contributed by atoms with Gasteiger partial charge in [0.1, 0.15) is 0 Å². The van der Waals surface area contributed by atoms with E-state index in [9.17, 15) is 0 Å². The van der Waals surface area contributed by atoms with Crippen LogP contribution in [0.3, 0.4) is 0 Å². The molecular weight excluding hydrogens is 249 g/mol. The maximum absolute atomic E-state index is 0. The van der Waals surface area contributed by atoms with Crippen molar-refractivity contribution in [3.05, 3.63) is 0 Å². The van der Waals surface area contributed by atoms with E-state index in [0.717, 1.165) is 0 Å². The molecule has 8 heavy (non-hydrogen) atoms. The molecule has 0 aliphatic carbocycles. The topological polar surface area (TPSA) is 172 Å². The molecule has 0 radical (unpaired) electrons. The Kier molecular flexibility index (Phi) is 24700. The smallest absolute Gasteiger partial charge is 1.00 e. The second-order valence-electron chi connectivity index (χ2n) is 0. The van der Waals surface area contributed by atoms with Gasteiger partial charge < -0.3 is 54.9 Å². The predicted octanol–water partition coefficient (Wildman–Crippen LogP) is -6.17. The van der Waals surface area contributed by atoms with Crippen LogP contribution in [0.4, 0.5) is 0 Å². The van der Waals surface area contributed by atoms with E-state index >= 15 is 0 Å². The Bertz CT molecular complexity index is 14.0. The third-order valence-electron chi connectivity index (χ3n) is 0. The van der Waals surface area contributed by atoms with Gasteiger partial charge in [-0.3, -0.25) is 0 Å². The summed E-state index contributed by atoms with van der Waals surface area (Å²) in [6.45, 7) is 0. The fourth-order valence-corrected chi connectivity index (χ4v) is 0. The van der Waals surface area contributed by atoms with Gasteiger partial charge in [-0.2, -0.15) is 0 Å². The first kappa shape index (κ1) is 538. The zero-order valence-electron chi connectivity index (χ0n) is 4.40. The van der Waals surface area contributed by atoms with Crippen LogP contribution in [-0.2, 0) is 20.4 Å². The van der Waals surface area contributed by atoms with Crippen molar-refractivity contribution in [2.24, 2.45) is 0 Å². The molecule has 0 aliphatic heterocycles. The first-order valence-electron chi connectivity index (χ1n) is 0. The van der Waals surface area contributed by atoms with E-state index in [4.69, 9.17) is 0 Å². The molecule has 0 aromatic rings. The molecular formula is H14Cl2N4OPd. The van der Waals surface area contributed by atoms with Gasteiger partial charge in [0.25, 0.3) is 0 Å². The molecule has 8 heteroatoms. The van der Waals surface area contributed by atoms with E-state index in [0.29, 0.717) is 0 Å². The molecule has 0 heterocycles. The molecule has 14 N–H and O–H groups in total. The normalized spacial score (nSPS) is 0. The zero-order valence-corrected chi connectivity index (χ0v) is 7.47. The number of halogens is 2. The van der Waals surface area contributed by atoms with Crippen molar-refractivity contribution in [1.82, 2.24) is 24.6 Å². The molecule has 0 spiro atoms. The van der Waals surface area contributed by atoms with E-state index in [1.807, 2.05) is 0 Å². The average Bonchev–Trinajstić information content (AvgIpc) is 0. The number of rotatable bonds is 0. The van der Waals surface area contributed by atoms with Crippen molar-refractivity contribution in [2.45, 2.75) is 0 Å². The Morgan fingerprint density at radius 3 is 0.500 bits per heavy atom. The quantitative estimate of drug-likeness (QED) is 0.319. The Labute approximate surface area is 75.5 Å². The van der Waals surface area contributed by atoms with E-state index in [1.54, 1.807) is 0 Å². The molecule has 0 rings (SSSR count). The van der Waals surface area contributed by atoms with E-state index in [-0.39, 0.29) is 75.3 Å². The minimum atomic E-state index is 0. The van der Waals surface area contributed by atoms with E-state index in [2.05, 4.69) is 0 Å². The Hall–Kier alpha value is 1.04. The van der Waals surface area contributed by atoms with Crippen LogP contribution in [0.1, 0.15) is 0 Å². The van der Waals surface area contributed by atoms with Gasteiger partial charge in [0.05, 0.1) is 0 Å². The third-order valence-corrected chi connectivity index (χ3v) is 0. The molecule has 0 aromatic heterocycles. The summed E-state index contributed by atoms with van der Waals surface area (Å²) in [6, 6.07) is 0. The molecule has 0 saturated heterocycles. The molecule has 5 nitrogen and oxygen atoms in total. The summed E-state index contributed by atoms with van der Waals surface area (Å²) in [5.74, 6) is 0. The van der Waals surface area contributed by atoms with Crippen LogP contribution in [-0.4, -0.2) is 5.48 Å². The van der Waals surface area contributed by atoms with Gasteiger partial charge in [0.2, 0.25) is 0 Å². The molecule has 0 aromatic carbocycles. The van der Waals surface area contributed by atoms with Gasteiger partial charge in [0.15, 0.2) is 0 Å². The first-order chi connectivity index (χ1) is 0. The monoisotopic (exact) mass is 262 g/mol. The van der Waals surface area contributed by atoms with E-state index < -0.39 is 0 Å². The summed E-state index contributed by atoms with van der Waals surface area (Å²) in [6.07, 6.45) is 0. The Morgan fingerprint density at radius 2 is 0.500 bits per heavy atom. The van der Waals surface area contributed by atoms with Gasteiger partial charge >= 0.3 is 20.4 Å². The molecule has 0 bridgehead atoms. The van der Waals surface area contributed by atoms with Crippen molar-refractivity contribution in [2.75, 3.05) is 0 Å². The molecule has 0 fully saturated rings. The second kappa shape index (κ2) is 367. The fraction of sp³-hybridized carbons (Fsp3) is 0. The van der Waals surface area contributed by atoms with Crippen LogP contribution >= 0.6 is 0 Å². The standard InChI is InChI=1S/2ClH.4H3N.H2O.Pd/h2*1H;4*1H3;1H2;/q;;;;;;;+2/p-2. The van der Waals surface area contributed by atoms with Crippen LogP contribution in [0.2, 0.25) is 0 Å². The molecule has 0 unspecified atom stereocenters. The van der Waals surface area contributed by atoms with Crippen molar-refractivity contribution >= 4 is 0 Å². The molecule has 0 atom stereocenters. The van der Waals surface area contributed by atoms with Crippen molar-refractivity contribution in [3.8, 4) is 0 Å². The second-order valence-corrected chi connectivity index (χ2v) is 0. The van der Waals surface area contributed by atoms with Gasteiger partial charge in [-0.25, -0.2) is 0 Å². The largest absolute Gasteiger partial charge is 2.00 e. The number of hydrogen-bond donors (Lipinski definition) is 4. The summed E-state index contributed by atoms with van der Waals surface area (Å²) >= 11 is 0. The van der Waals surface area contributed by atoms with Crippen molar-refractivity contribution in [3.63, 3.8) is 0 Å². The third kappa shape index (κ3) is 237. The van der Waals surface area contributed by atoms with Gasteiger partial charge in [-0.1, -0.05) is 0 Å². The van der Waals surface area contributed by atoms with Crippen LogP contribution in [0.25, 0.3) is 0 Å². The minimum Gasteiger partial charge on any atom is -1.00 e. The molecule has 0 saturated carbocycles. The molecule has 0 amide bonds. The summed E-state index contributed by atoms with van der Waals surface area (Å²) < 4.78 is 0. The predicted molar refractivity (Wildman–Crippen MR) is 23.7 cm³/mol. The van der Waals surface area contributed by atoms with Crippen molar-refractivity contribution < 1.29 is 50.7 Å². The Balaban J connectivity index is 0. The summed E-state index contributed by atoms with van der Waals surface area (Å²) in [5.41, 5.74) is 0. The first-order valence-corrected chi connectivity index (χ1v) is 0. The fourth-order valence-electron chi connectivity index (χ4n) is 0. The van der Waals surface area contributed by atoms with Crippen LogP contribution < -0.4 is 49.4 Å². The average molecular weight is 263 g/mol. The zero-order chi connectivity index (χ0) is 0. The van der Waals surface area contributed by atoms with Crippen LogP contribution in [0, 0.1) is 0 Å². The number of hydrogen-bond acceptors (Lipinski definition) is 4. The van der Waals surface area contributed by atoms with Crippen LogP contribution in [0.5, 0.6) is 0 Å². The van der Waals surface area contributed by atoms with E-state index in [1.165, 1.54) is 0 Å². The molecule has 0 aliphatic rings. The summed E-state index contributed by atoms with van der Waals surface area (Å²) in [4.78, 5) is 0. The van der Waals surface area contributed by atoms with Gasteiger partial charge in [-0.05, 0) is 0 Å². The summed E-state index contributed by atoms with van der Waals surface area (Å²) in [5, 5.41) is 0. The SMILES string of the molecule is N.N.N.N.O.[Cl-].[Cl-].[Pd+2]. The minimum absolute atomic E-state index is 0. The maximum Gasteiger partial charge on any atom is 2.00 e. The van der Waals surface area contributed by atoms with Gasteiger partial charge in [0, 0.05) is 0 Å². The maximum atomic E-state index is 0. The Morgan fingerprint density at radius 1 is 0.500 bits per heavy atom. The van der Waals surface area contributed by atoms with Crippen LogP contribution in [0.15, 0.2) is 0 Å². The molecule has 64 valence electrons. The van der Waals surface area contributed by atoms with Gasteiger partial charge in [-0.15, -0.1) is 0 Å².